The Morgan fingerprint density at radius 3 is 1.94 bits per heavy atom. The number of hydrogen-bond acceptors (Lipinski definition) is 9. The van der Waals surface area contributed by atoms with E-state index in [-0.39, 0.29) is 22.9 Å². The molecular formula is C23H22N2O9. The number of rotatable bonds is 6. The molecule has 0 aromatic heterocycles. The molecule has 0 bridgehead atoms. The first-order valence-corrected chi connectivity index (χ1v) is 10.4. The highest BCUT2D eigenvalue weighted by Crippen LogP contribution is 2.35. The van der Waals surface area contributed by atoms with Crippen molar-refractivity contribution in [3.8, 4) is 11.5 Å². The first-order valence-electron chi connectivity index (χ1n) is 10.4. The molecule has 0 radical (unpaired) electrons. The number of carbonyl (C=O) groups excluding carboxylic acids is 2. The van der Waals surface area contributed by atoms with Gasteiger partial charge in [0.25, 0.3) is 11.4 Å². The zero-order chi connectivity index (χ0) is 24.7. The van der Waals surface area contributed by atoms with Crippen molar-refractivity contribution < 1.29 is 33.6 Å². The second-order valence-electron chi connectivity index (χ2n) is 7.97. The maximum Gasteiger partial charge on any atom is 0.514 e. The van der Waals surface area contributed by atoms with E-state index in [4.69, 9.17) is 14.2 Å². The highest BCUT2D eigenvalue weighted by molar-refractivity contribution is 5.79. The number of nitro groups is 2. The van der Waals surface area contributed by atoms with Crippen LogP contribution in [0, 0.1) is 25.6 Å². The van der Waals surface area contributed by atoms with Crippen LogP contribution >= 0.6 is 0 Å². The zero-order valence-electron chi connectivity index (χ0n) is 18.2. The van der Waals surface area contributed by atoms with Gasteiger partial charge < -0.3 is 14.2 Å². The molecule has 0 saturated carbocycles. The van der Waals surface area contributed by atoms with Crippen LogP contribution in [-0.2, 0) is 9.53 Å². The molecule has 0 aliphatic heterocycles. The van der Waals surface area contributed by atoms with E-state index < -0.39 is 33.5 Å². The van der Waals surface area contributed by atoms with Crippen molar-refractivity contribution in [1.29, 1.82) is 0 Å². The Morgan fingerprint density at radius 2 is 1.41 bits per heavy atom. The Hall–Kier alpha value is -4.28. The van der Waals surface area contributed by atoms with E-state index in [1.165, 1.54) is 48.5 Å². The predicted molar refractivity (Wildman–Crippen MR) is 118 cm³/mol. The largest absolute Gasteiger partial charge is 0.514 e. The lowest BCUT2D eigenvalue weighted by Gasteiger charge is -2.29. The van der Waals surface area contributed by atoms with Crippen molar-refractivity contribution in [3.63, 3.8) is 0 Å². The van der Waals surface area contributed by atoms with Gasteiger partial charge in [0.1, 0.15) is 17.6 Å². The summed E-state index contributed by atoms with van der Waals surface area (Å²) < 4.78 is 15.9. The van der Waals surface area contributed by atoms with Crippen molar-refractivity contribution in [3.05, 3.63) is 80.9 Å². The smallest absolute Gasteiger partial charge is 0.426 e. The Morgan fingerprint density at radius 1 is 0.882 bits per heavy atom. The molecule has 2 aromatic rings. The molecule has 0 N–H and O–H groups in total. The fourth-order valence-corrected chi connectivity index (χ4v) is 3.38. The van der Waals surface area contributed by atoms with Crippen LogP contribution in [0.25, 0.3) is 0 Å². The summed E-state index contributed by atoms with van der Waals surface area (Å²) in [4.78, 5) is 45.4. The number of carbonyl (C=O) groups is 2. The molecule has 178 valence electrons. The summed E-state index contributed by atoms with van der Waals surface area (Å²) in [6, 6.07) is 10.2. The molecule has 0 heterocycles. The molecule has 0 saturated heterocycles. The summed E-state index contributed by atoms with van der Waals surface area (Å²) >= 11 is 0. The van der Waals surface area contributed by atoms with Crippen molar-refractivity contribution in [2.45, 2.75) is 38.7 Å². The summed E-state index contributed by atoms with van der Waals surface area (Å²) in [6.45, 7) is 1.76. The van der Waals surface area contributed by atoms with Crippen LogP contribution in [0.2, 0.25) is 0 Å². The van der Waals surface area contributed by atoms with Crippen LogP contribution in [0.3, 0.4) is 0 Å². The average molecular weight is 470 g/mol. The summed E-state index contributed by atoms with van der Waals surface area (Å²) in [5.74, 6) is -0.181. The van der Waals surface area contributed by atoms with Crippen molar-refractivity contribution in [1.82, 2.24) is 0 Å². The predicted octanol–water partition coefficient (Wildman–Crippen LogP) is 5.13. The van der Waals surface area contributed by atoms with E-state index in [9.17, 15) is 29.8 Å². The Balaban J connectivity index is 1.57. The van der Waals surface area contributed by atoms with Gasteiger partial charge in [0.2, 0.25) is 0 Å². The van der Waals surface area contributed by atoms with Crippen LogP contribution < -0.4 is 9.47 Å². The van der Waals surface area contributed by atoms with Gasteiger partial charge in [0.05, 0.1) is 15.3 Å². The zero-order valence-corrected chi connectivity index (χ0v) is 18.2. The molecule has 34 heavy (non-hydrogen) atoms. The Labute approximate surface area is 194 Å². The monoisotopic (exact) mass is 470 g/mol. The Bertz CT molecular complexity index is 1100. The summed E-state index contributed by atoms with van der Waals surface area (Å²) in [5.41, 5.74) is -1.11. The molecular weight excluding hydrogens is 448 g/mol. The van der Waals surface area contributed by atoms with Gasteiger partial charge in [-0.3, -0.25) is 25.0 Å². The third kappa shape index (κ3) is 6.37. The number of hydrogen-bond donors (Lipinski definition) is 0. The summed E-state index contributed by atoms with van der Waals surface area (Å²) in [6.07, 6.45) is 3.66. The van der Waals surface area contributed by atoms with Gasteiger partial charge in [-0.15, -0.1) is 0 Å². The van der Waals surface area contributed by atoms with Gasteiger partial charge in [-0.25, -0.2) is 4.79 Å². The molecule has 0 spiro atoms. The van der Waals surface area contributed by atoms with E-state index >= 15 is 0 Å². The quantitative estimate of drug-likeness (QED) is 0.140. The van der Waals surface area contributed by atoms with E-state index in [1.54, 1.807) is 19.1 Å². The summed E-state index contributed by atoms with van der Waals surface area (Å²) in [7, 11) is 0. The molecule has 0 amide bonds. The average Bonchev–Trinajstić information content (AvgIpc) is 2.79. The van der Waals surface area contributed by atoms with E-state index in [2.05, 4.69) is 0 Å². The first kappa shape index (κ1) is 24.4. The lowest BCUT2D eigenvalue weighted by molar-refractivity contribution is -0.385. The normalized spacial score (nSPS) is 20.8. The standard InChI is InChI=1S/C23H22N2O9/c1-23(21(26)32-19-9-5-16(6-10-19)24(28)29)14-3-2-4-18(13-15-23)33-22(27)34-20-11-7-17(8-12-20)25(30)31/h2,4-12,18H,3,13-15H2,1H3/b4-2+/t18-,23?/m0/s1. The minimum atomic E-state index is -0.973. The molecule has 11 nitrogen and oxygen atoms in total. The second-order valence-corrected chi connectivity index (χ2v) is 7.97. The van der Waals surface area contributed by atoms with Gasteiger partial charge in [-0.05, 0) is 62.9 Å². The molecule has 11 heteroatoms. The van der Waals surface area contributed by atoms with Crippen molar-refractivity contribution in [2.24, 2.45) is 5.41 Å². The number of nitro benzene ring substituents is 2. The lowest BCUT2D eigenvalue weighted by Crippen LogP contribution is -2.34. The topological polar surface area (TPSA) is 148 Å². The third-order valence-electron chi connectivity index (χ3n) is 5.44. The molecule has 2 atom stereocenters. The number of esters is 1. The number of non-ortho nitro benzene ring substituents is 2. The van der Waals surface area contributed by atoms with E-state index in [0.29, 0.717) is 25.7 Å². The molecule has 2 aromatic carbocycles. The maximum absolute atomic E-state index is 12.9. The molecule has 0 fully saturated rings. The summed E-state index contributed by atoms with van der Waals surface area (Å²) in [5, 5.41) is 21.5. The SMILES string of the molecule is CC1(C(=O)Oc2ccc([N+](=O)[O-])cc2)CC/C=C/[C@H](OC(=O)Oc2ccc([N+](=O)[O-])cc2)CC1. The second kappa shape index (κ2) is 10.6. The minimum Gasteiger partial charge on any atom is -0.426 e. The number of allylic oxidation sites excluding steroid dienone is 1. The highest BCUT2D eigenvalue weighted by Gasteiger charge is 2.36. The fraction of sp³-hybridized carbons (Fsp3) is 0.304. The van der Waals surface area contributed by atoms with E-state index in [0.717, 1.165) is 0 Å². The van der Waals surface area contributed by atoms with Gasteiger partial charge in [0.15, 0.2) is 0 Å². The maximum atomic E-state index is 12.9. The van der Waals surface area contributed by atoms with Crippen LogP contribution in [0.1, 0.15) is 32.6 Å². The third-order valence-corrected chi connectivity index (χ3v) is 5.44. The van der Waals surface area contributed by atoms with Crippen LogP contribution in [0.4, 0.5) is 16.2 Å². The van der Waals surface area contributed by atoms with Crippen LogP contribution in [-0.4, -0.2) is 28.1 Å². The highest BCUT2D eigenvalue weighted by atomic mass is 16.7. The fourth-order valence-electron chi connectivity index (χ4n) is 3.38. The lowest BCUT2D eigenvalue weighted by atomic mass is 9.79. The number of ether oxygens (including phenoxy) is 3. The Kier molecular flexibility index (Phi) is 7.57. The molecule has 1 aliphatic rings. The van der Waals surface area contributed by atoms with Gasteiger partial charge in [-0.2, -0.15) is 0 Å². The number of nitrogens with zero attached hydrogens (tertiary/aromatic N) is 2. The van der Waals surface area contributed by atoms with Crippen LogP contribution in [0.15, 0.2) is 60.7 Å². The van der Waals surface area contributed by atoms with Crippen molar-refractivity contribution >= 4 is 23.5 Å². The molecule has 3 rings (SSSR count). The first-order chi connectivity index (χ1) is 16.2. The minimum absolute atomic E-state index is 0.0990. The van der Waals surface area contributed by atoms with Crippen LogP contribution in [0.5, 0.6) is 11.5 Å². The van der Waals surface area contributed by atoms with Gasteiger partial charge >= 0.3 is 12.1 Å². The van der Waals surface area contributed by atoms with Gasteiger partial charge in [-0.1, -0.05) is 6.08 Å². The number of benzene rings is 2. The molecule has 1 aliphatic carbocycles. The van der Waals surface area contributed by atoms with Gasteiger partial charge in [0, 0.05) is 24.3 Å². The van der Waals surface area contributed by atoms with E-state index in [1.807, 2.05) is 0 Å². The van der Waals surface area contributed by atoms with Crippen molar-refractivity contribution in [2.75, 3.05) is 0 Å². The molecule has 1 unspecified atom stereocenters.